The van der Waals surface area contributed by atoms with E-state index in [1.165, 1.54) is 0 Å². The van der Waals surface area contributed by atoms with E-state index in [2.05, 4.69) is 23.7 Å². The Morgan fingerprint density at radius 3 is 2.47 bits per heavy atom. The summed E-state index contributed by atoms with van der Waals surface area (Å²) in [5, 5.41) is 0.908. The topological polar surface area (TPSA) is 21.1 Å². The molecule has 0 saturated heterocycles. The van der Waals surface area contributed by atoms with Crippen molar-refractivity contribution in [1.82, 2.24) is 9.55 Å². The molecule has 1 heterocycles. The molecule has 3 nitrogen and oxygen atoms in total. The maximum absolute atomic E-state index is 15.2. The molecule has 3 aromatic rings. The zero-order chi connectivity index (χ0) is 22.1. The molecule has 0 amide bonds. The first kappa shape index (κ1) is 22.8. The van der Waals surface area contributed by atoms with E-state index in [0.717, 1.165) is 29.8 Å². The maximum Gasteiger partial charge on any atom is 0.266 e. The zero-order valence-electron chi connectivity index (χ0n) is 17.7. The number of aromatic nitrogens is 2. The summed E-state index contributed by atoms with van der Waals surface area (Å²) in [5.74, 6) is -2.76. The molecule has 0 fully saturated rings. The molecule has 2 aromatic carbocycles. The van der Waals surface area contributed by atoms with Crippen LogP contribution in [0.2, 0.25) is 10.0 Å². The average Bonchev–Trinajstić information content (AvgIpc) is 2.97. The van der Waals surface area contributed by atoms with E-state index >= 15 is 8.78 Å². The Bertz CT molecular complexity index is 1030. The van der Waals surface area contributed by atoms with Crippen molar-refractivity contribution in [2.75, 3.05) is 18.0 Å². The van der Waals surface area contributed by atoms with Gasteiger partial charge in [0.15, 0.2) is 0 Å². The van der Waals surface area contributed by atoms with Gasteiger partial charge in [-0.3, -0.25) is 0 Å². The molecule has 3 rings (SSSR count). The average molecular weight is 454 g/mol. The minimum atomic E-state index is -2.93. The second-order valence-electron chi connectivity index (χ2n) is 7.69. The van der Waals surface area contributed by atoms with E-state index < -0.39 is 18.4 Å². The summed E-state index contributed by atoms with van der Waals surface area (Å²) >= 11 is 12.2. The lowest BCUT2D eigenvalue weighted by Gasteiger charge is -2.26. The Kier molecular flexibility index (Phi) is 6.93. The van der Waals surface area contributed by atoms with Crippen LogP contribution in [0.15, 0.2) is 36.4 Å². The standard InChI is InChI=1S/C23H27Cl2F2N3/c1-5-29(6-2)21-9-7-8-20-22(21)30(16(4)28-20)14-23(26,27)13-15(3)18-11-10-17(24)12-19(18)25/h7-12,15H,5-6,13-14H2,1-4H3/t15-/m0/s1. The minimum Gasteiger partial charge on any atom is -0.370 e. The van der Waals surface area contributed by atoms with Crippen molar-refractivity contribution in [1.29, 1.82) is 0 Å². The summed E-state index contributed by atoms with van der Waals surface area (Å²) in [6.07, 6.45) is -0.319. The fourth-order valence-corrected chi connectivity index (χ4v) is 4.65. The molecule has 30 heavy (non-hydrogen) atoms. The number of rotatable bonds is 8. The number of hydrogen-bond donors (Lipinski definition) is 0. The van der Waals surface area contributed by atoms with Gasteiger partial charge in [0, 0.05) is 29.6 Å². The quantitative estimate of drug-likeness (QED) is 0.355. The minimum absolute atomic E-state index is 0.319. The van der Waals surface area contributed by atoms with Gasteiger partial charge in [-0.25, -0.2) is 13.8 Å². The molecular weight excluding hydrogens is 427 g/mol. The first-order valence-corrected chi connectivity index (χ1v) is 11.0. The Morgan fingerprint density at radius 1 is 1.13 bits per heavy atom. The summed E-state index contributed by atoms with van der Waals surface area (Å²) in [7, 11) is 0. The van der Waals surface area contributed by atoms with Crippen LogP contribution in [0.3, 0.4) is 0 Å². The van der Waals surface area contributed by atoms with Gasteiger partial charge >= 0.3 is 0 Å². The van der Waals surface area contributed by atoms with Crippen molar-refractivity contribution in [3.8, 4) is 0 Å². The number of fused-ring (bicyclic) bond motifs is 1. The molecule has 7 heteroatoms. The maximum atomic E-state index is 15.2. The number of benzene rings is 2. The molecule has 0 saturated carbocycles. The van der Waals surface area contributed by atoms with E-state index in [0.29, 0.717) is 21.4 Å². The van der Waals surface area contributed by atoms with Crippen molar-refractivity contribution in [3.05, 3.63) is 57.8 Å². The van der Waals surface area contributed by atoms with Crippen LogP contribution in [0, 0.1) is 6.92 Å². The van der Waals surface area contributed by atoms with E-state index in [1.807, 2.05) is 18.2 Å². The largest absolute Gasteiger partial charge is 0.370 e. The molecule has 0 unspecified atom stereocenters. The lowest BCUT2D eigenvalue weighted by molar-refractivity contribution is -0.0290. The lowest BCUT2D eigenvalue weighted by Crippen LogP contribution is -2.28. The molecular formula is C23H27Cl2F2N3. The summed E-state index contributed by atoms with van der Waals surface area (Å²) < 4.78 is 32.1. The van der Waals surface area contributed by atoms with Gasteiger partial charge in [0.2, 0.25) is 0 Å². The fraction of sp³-hybridized carbons (Fsp3) is 0.435. The normalized spacial score (nSPS) is 13.1. The highest BCUT2D eigenvalue weighted by atomic mass is 35.5. The lowest BCUT2D eigenvalue weighted by atomic mass is 9.94. The third-order valence-electron chi connectivity index (χ3n) is 5.53. The molecule has 0 aliphatic carbocycles. The summed E-state index contributed by atoms with van der Waals surface area (Å²) in [5.41, 5.74) is 3.11. The van der Waals surface area contributed by atoms with Gasteiger partial charge in [-0.15, -0.1) is 0 Å². The fourth-order valence-electron chi connectivity index (χ4n) is 4.05. The molecule has 162 valence electrons. The van der Waals surface area contributed by atoms with Crippen LogP contribution < -0.4 is 4.90 Å². The molecule has 0 aliphatic rings. The number of hydrogen-bond acceptors (Lipinski definition) is 2. The van der Waals surface area contributed by atoms with Crippen molar-refractivity contribution >= 4 is 39.9 Å². The van der Waals surface area contributed by atoms with E-state index in [9.17, 15) is 0 Å². The van der Waals surface area contributed by atoms with Crippen molar-refractivity contribution in [3.63, 3.8) is 0 Å². The van der Waals surface area contributed by atoms with E-state index in [1.54, 1.807) is 36.6 Å². The highest BCUT2D eigenvalue weighted by molar-refractivity contribution is 6.35. The predicted octanol–water partition coefficient (Wildman–Crippen LogP) is 7.33. The second-order valence-corrected chi connectivity index (χ2v) is 8.53. The second kappa shape index (κ2) is 9.11. The number of alkyl halides is 2. The van der Waals surface area contributed by atoms with Crippen LogP contribution >= 0.6 is 23.2 Å². The molecule has 1 atom stereocenters. The molecule has 0 bridgehead atoms. The van der Waals surface area contributed by atoms with Crippen LogP contribution in [0.25, 0.3) is 11.0 Å². The van der Waals surface area contributed by atoms with Crippen LogP contribution in [-0.2, 0) is 6.54 Å². The van der Waals surface area contributed by atoms with Gasteiger partial charge in [-0.1, -0.05) is 42.3 Å². The summed E-state index contributed by atoms with van der Waals surface area (Å²) in [6, 6.07) is 10.8. The van der Waals surface area contributed by atoms with Gasteiger partial charge in [0.05, 0.1) is 23.3 Å². The van der Waals surface area contributed by atoms with Crippen LogP contribution in [0.5, 0.6) is 0 Å². The number of nitrogens with zero attached hydrogens (tertiary/aromatic N) is 3. The Balaban J connectivity index is 1.93. The SMILES string of the molecule is CCN(CC)c1cccc2nc(C)n(CC(F)(F)C[C@H](C)c3ccc(Cl)cc3Cl)c12. The third-order valence-corrected chi connectivity index (χ3v) is 6.09. The molecule has 1 aromatic heterocycles. The highest BCUT2D eigenvalue weighted by Crippen LogP contribution is 2.37. The van der Waals surface area contributed by atoms with Crippen LogP contribution in [0.1, 0.15) is 44.5 Å². The molecule has 0 N–H and O–H groups in total. The zero-order valence-corrected chi connectivity index (χ0v) is 19.2. The predicted molar refractivity (Wildman–Crippen MR) is 122 cm³/mol. The summed E-state index contributed by atoms with van der Waals surface area (Å²) in [4.78, 5) is 6.70. The third kappa shape index (κ3) is 4.73. The van der Waals surface area contributed by atoms with E-state index in [4.69, 9.17) is 23.2 Å². The number of aryl methyl sites for hydroxylation is 1. The number of halogens is 4. The Morgan fingerprint density at radius 2 is 1.83 bits per heavy atom. The monoisotopic (exact) mass is 453 g/mol. The van der Waals surface area contributed by atoms with Crippen LogP contribution in [-0.4, -0.2) is 28.6 Å². The molecule has 0 spiro atoms. The first-order valence-electron chi connectivity index (χ1n) is 10.2. The Hall–Kier alpha value is -1.85. The molecule has 0 radical (unpaired) electrons. The van der Waals surface area contributed by atoms with Crippen molar-refractivity contribution < 1.29 is 8.78 Å². The van der Waals surface area contributed by atoms with E-state index in [-0.39, 0.29) is 6.42 Å². The highest BCUT2D eigenvalue weighted by Gasteiger charge is 2.34. The van der Waals surface area contributed by atoms with Crippen molar-refractivity contribution in [2.24, 2.45) is 0 Å². The summed E-state index contributed by atoms with van der Waals surface area (Å²) in [6.45, 7) is 8.82. The van der Waals surface area contributed by atoms with Crippen molar-refractivity contribution in [2.45, 2.75) is 52.5 Å². The van der Waals surface area contributed by atoms with Gasteiger partial charge in [0.25, 0.3) is 5.92 Å². The Labute approximate surface area is 186 Å². The smallest absolute Gasteiger partial charge is 0.266 e. The number of para-hydroxylation sites is 1. The van der Waals surface area contributed by atoms with Gasteiger partial charge < -0.3 is 9.47 Å². The van der Waals surface area contributed by atoms with Gasteiger partial charge in [-0.2, -0.15) is 0 Å². The number of imidazole rings is 1. The van der Waals surface area contributed by atoms with Gasteiger partial charge in [0.1, 0.15) is 5.82 Å². The van der Waals surface area contributed by atoms with Gasteiger partial charge in [-0.05, 0) is 56.5 Å². The number of anilines is 1. The first-order chi connectivity index (χ1) is 14.2. The molecule has 0 aliphatic heterocycles. The van der Waals surface area contributed by atoms with Crippen LogP contribution in [0.4, 0.5) is 14.5 Å².